The highest BCUT2D eigenvalue weighted by Gasteiger charge is 2.13. The Bertz CT molecular complexity index is 1040. The van der Waals surface area contributed by atoms with Gasteiger partial charge in [0, 0.05) is 36.8 Å². The molecule has 172 valence electrons. The summed E-state index contributed by atoms with van der Waals surface area (Å²) in [6.07, 6.45) is 2.71. The standard InChI is InChI=1S/C22H26ClFN4O4/c1-31-20-12-19-16(11-21(20)32-9-3-7-28(14-30)6-2-8-29)22(26-13-25-19)27-15-4-5-18(24)17(23)10-15/h4-5,10-13,29-30H,2-3,6-9,14H2,1H3,(H,25,26,27). The maximum Gasteiger partial charge on any atom is 0.162 e. The number of methoxy groups -OCH3 is 1. The average molecular weight is 465 g/mol. The number of aromatic nitrogens is 2. The highest BCUT2D eigenvalue weighted by atomic mass is 35.5. The second-order valence-electron chi connectivity index (χ2n) is 7.04. The van der Waals surface area contributed by atoms with Crippen LogP contribution in [0, 0.1) is 5.82 Å². The molecule has 0 bridgehead atoms. The summed E-state index contributed by atoms with van der Waals surface area (Å²) in [5.41, 5.74) is 1.23. The van der Waals surface area contributed by atoms with Gasteiger partial charge in [0.15, 0.2) is 11.5 Å². The molecular formula is C22H26ClFN4O4. The molecule has 0 fully saturated rings. The van der Waals surface area contributed by atoms with Crippen LogP contribution in [-0.4, -0.2) is 65.2 Å². The molecule has 3 N–H and O–H groups in total. The molecule has 32 heavy (non-hydrogen) atoms. The number of benzene rings is 2. The molecule has 10 heteroatoms. The van der Waals surface area contributed by atoms with Gasteiger partial charge in [0.1, 0.15) is 18.0 Å². The van der Waals surface area contributed by atoms with E-state index in [0.717, 1.165) is 0 Å². The van der Waals surface area contributed by atoms with E-state index in [1.165, 1.54) is 18.5 Å². The van der Waals surface area contributed by atoms with Crippen LogP contribution in [0.3, 0.4) is 0 Å². The van der Waals surface area contributed by atoms with E-state index in [-0.39, 0.29) is 18.4 Å². The molecule has 1 aromatic heterocycles. The Morgan fingerprint density at radius 3 is 2.62 bits per heavy atom. The van der Waals surface area contributed by atoms with Crippen molar-refractivity contribution in [3.05, 3.63) is 47.5 Å². The van der Waals surface area contributed by atoms with Crippen molar-refractivity contribution >= 4 is 34.0 Å². The third kappa shape index (κ3) is 6.17. The van der Waals surface area contributed by atoms with E-state index in [1.807, 2.05) is 4.90 Å². The highest BCUT2D eigenvalue weighted by molar-refractivity contribution is 6.31. The lowest BCUT2D eigenvalue weighted by atomic mass is 10.2. The predicted octanol–water partition coefficient (Wildman–Crippen LogP) is 3.58. The molecule has 0 saturated carbocycles. The van der Waals surface area contributed by atoms with E-state index in [4.69, 9.17) is 26.2 Å². The van der Waals surface area contributed by atoms with Gasteiger partial charge in [0.2, 0.25) is 0 Å². The molecule has 0 atom stereocenters. The van der Waals surface area contributed by atoms with Crippen molar-refractivity contribution in [2.45, 2.75) is 12.8 Å². The summed E-state index contributed by atoms with van der Waals surface area (Å²) in [4.78, 5) is 10.4. The van der Waals surface area contributed by atoms with Crippen molar-refractivity contribution in [2.24, 2.45) is 0 Å². The number of rotatable bonds is 12. The first kappa shape index (κ1) is 23.9. The Morgan fingerprint density at radius 2 is 1.91 bits per heavy atom. The lowest BCUT2D eigenvalue weighted by molar-refractivity contribution is 0.0939. The Labute approximate surface area is 190 Å². The fourth-order valence-electron chi connectivity index (χ4n) is 3.16. The van der Waals surface area contributed by atoms with Crippen LogP contribution in [0.25, 0.3) is 10.9 Å². The lowest BCUT2D eigenvalue weighted by Crippen LogP contribution is -2.28. The summed E-state index contributed by atoms with van der Waals surface area (Å²) < 4.78 is 24.9. The molecule has 0 saturated heterocycles. The molecule has 1 heterocycles. The number of nitrogens with zero attached hydrogens (tertiary/aromatic N) is 3. The summed E-state index contributed by atoms with van der Waals surface area (Å²) in [5.74, 6) is 1.08. The minimum Gasteiger partial charge on any atom is -0.493 e. The summed E-state index contributed by atoms with van der Waals surface area (Å²) in [6.45, 7) is 1.67. The Kier molecular flexibility index (Phi) is 8.81. The Hall–Kier alpha value is -2.72. The normalized spacial score (nSPS) is 11.2. The lowest BCUT2D eigenvalue weighted by Gasteiger charge is -2.19. The molecule has 0 amide bonds. The van der Waals surface area contributed by atoms with Gasteiger partial charge in [0.25, 0.3) is 0 Å². The number of aliphatic hydroxyl groups excluding tert-OH is 2. The smallest absolute Gasteiger partial charge is 0.162 e. The van der Waals surface area contributed by atoms with Crippen molar-refractivity contribution in [1.29, 1.82) is 0 Å². The minimum absolute atomic E-state index is 0.00923. The summed E-state index contributed by atoms with van der Waals surface area (Å²) in [7, 11) is 1.55. The van der Waals surface area contributed by atoms with Crippen LogP contribution in [0.4, 0.5) is 15.9 Å². The highest BCUT2D eigenvalue weighted by Crippen LogP contribution is 2.35. The SMILES string of the molecule is COc1cc2ncnc(Nc3ccc(F)c(Cl)c3)c2cc1OCCCN(CO)CCCO. The van der Waals surface area contributed by atoms with Gasteiger partial charge in [-0.15, -0.1) is 0 Å². The fourth-order valence-corrected chi connectivity index (χ4v) is 3.34. The van der Waals surface area contributed by atoms with Crippen molar-refractivity contribution in [3.63, 3.8) is 0 Å². The van der Waals surface area contributed by atoms with Crippen molar-refractivity contribution < 1.29 is 24.1 Å². The number of nitrogens with one attached hydrogen (secondary N) is 1. The van der Waals surface area contributed by atoms with Gasteiger partial charge in [-0.05, 0) is 37.1 Å². The third-order valence-corrected chi connectivity index (χ3v) is 5.10. The van der Waals surface area contributed by atoms with Crippen LogP contribution in [0.2, 0.25) is 5.02 Å². The molecule has 2 aromatic carbocycles. The number of anilines is 2. The molecule has 0 spiro atoms. The van der Waals surface area contributed by atoms with E-state index in [9.17, 15) is 9.50 Å². The number of hydrogen-bond acceptors (Lipinski definition) is 8. The molecule has 8 nitrogen and oxygen atoms in total. The number of hydrogen-bond donors (Lipinski definition) is 3. The number of ether oxygens (including phenoxy) is 2. The molecule has 3 rings (SSSR count). The molecule has 0 aliphatic heterocycles. The number of halogens is 2. The fraction of sp³-hybridized carbons (Fsp3) is 0.364. The van der Waals surface area contributed by atoms with Gasteiger partial charge < -0.3 is 25.0 Å². The monoisotopic (exact) mass is 464 g/mol. The van der Waals surface area contributed by atoms with Gasteiger partial charge in [-0.3, -0.25) is 4.90 Å². The quantitative estimate of drug-likeness (QED) is 0.276. The third-order valence-electron chi connectivity index (χ3n) is 4.81. The molecule has 0 aliphatic carbocycles. The van der Waals surface area contributed by atoms with E-state index >= 15 is 0 Å². The largest absolute Gasteiger partial charge is 0.493 e. The van der Waals surface area contributed by atoms with Crippen LogP contribution < -0.4 is 14.8 Å². The van der Waals surface area contributed by atoms with Gasteiger partial charge in [0.05, 0.1) is 31.0 Å². The van der Waals surface area contributed by atoms with Crippen LogP contribution in [0.15, 0.2) is 36.7 Å². The van der Waals surface area contributed by atoms with E-state index in [0.29, 0.717) is 66.4 Å². The zero-order chi connectivity index (χ0) is 22.9. The minimum atomic E-state index is -0.499. The maximum absolute atomic E-state index is 13.5. The summed E-state index contributed by atoms with van der Waals surface area (Å²) in [6, 6.07) is 7.88. The first-order valence-corrected chi connectivity index (χ1v) is 10.5. The van der Waals surface area contributed by atoms with Gasteiger partial charge >= 0.3 is 0 Å². The zero-order valence-corrected chi connectivity index (χ0v) is 18.5. The molecule has 0 radical (unpaired) electrons. The van der Waals surface area contributed by atoms with Gasteiger partial charge in [-0.25, -0.2) is 14.4 Å². The predicted molar refractivity (Wildman–Crippen MR) is 121 cm³/mol. The maximum atomic E-state index is 13.5. The van der Waals surface area contributed by atoms with E-state index in [1.54, 1.807) is 25.3 Å². The van der Waals surface area contributed by atoms with Crippen LogP contribution >= 0.6 is 11.6 Å². The molecule has 0 unspecified atom stereocenters. The van der Waals surface area contributed by atoms with Crippen LogP contribution in [-0.2, 0) is 0 Å². The van der Waals surface area contributed by atoms with Crippen LogP contribution in [0.5, 0.6) is 11.5 Å². The number of aliphatic hydroxyl groups is 2. The summed E-state index contributed by atoms with van der Waals surface area (Å²) >= 11 is 5.88. The van der Waals surface area contributed by atoms with Crippen molar-refractivity contribution in [3.8, 4) is 11.5 Å². The first-order chi connectivity index (χ1) is 15.5. The first-order valence-electron chi connectivity index (χ1n) is 10.2. The zero-order valence-electron chi connectivity index (χ0n) is 17.7. The molecule has 0 aliphatic rings. The van der Waals surface area contributed by atoms with E-state index < -0.39 is 5.82 Å². The average Bonchev–Trinajstić information content (AvgIpc) is 2.80. The van der Waals surface area contributed by atoms with Gasteiger partial charge in [-0.1, -0.05) is 11.6 Å². The molecular weight excluding hydrogens is 439 g/mol. The van der Waals surface area contributed by atoms with E-state index in [2.05, 4.69) is 15.3 Å². The summed E-state index contributed by atoms with van der Waals surface area (Å²) in [5, 5.41) is 22.2. The van der Waals surface area contributed by atoms with Gasteiger partial charge in [-0.2, -0.15) is 0 Å². The Morgan fingerprint density at radius 1 is 1.09 bits per heavy atom. The second kappa shape index (κ2) is 11.8. The second-order valence-corrected chi connectivity index (χ2v) is 7.44. The molecule has 3 aromatic rings. The van der Waals surface area contributed by atoms with Crippen molar-refractivity contribution in [1.82, 2.24) is 14.9 Å². The van der Waals surface area contributed by atoms with Crippen molar-refractivity contribution in [2.75, 3.05) is 45.5 Å². The van der Waals surface area contributed by atoms with Crippen LogP contribution in [0.1, 0.15) is 12.8 Å². The number of fused-ring (bicyclic) bond motifs is 1. The Balaban J connectivity index is 1.76. The topological polar surface area (TPSA) is 100.0 Å².